The molecule has 0 aromatic carbocycles. The molecule has 0 saturated carbocycles. The van der Waals surface area contributed by atoms with E-state index in [1.54, 1.807) is 0 Å². The van der Waals surface area contributed by atoms with Gasteiger partial charge in [0.15, 0.2) is 12.2 Å². The molecule has 0 radical (unpaired) electrons. The van der Waals surface area contributed by atoms with Crippen LogP contribution in [0.5, 0.6) is 0 Å². The highest BCUT2D eigenvalue weighted by Gasteiger charge is 2.68. The molecule has 3 unspecified atom stereocenters. The van der Waals surface area contributed by atoms with Crippen molar-refractivity contribution in [2.24, 2.45) is 5.92 Å². The zero-order chi connectivity index (χ0) is 43.8. The van der Waals surface area contributed by atoms with E-state index in [2.05, 4.69) is 13.8 Å². The van der Waals surface area contributed by atoms with E-state index in [-0.39, 0.29) is 17.7 Å². The standard InChI is InChI=1S/C44H83NO14/c1-3-5-7-9-11-13-15-17-19-21-23-25-27-29-33(48)32(28-26-24-22-20-18-16-14-12-10-8-6-4-2)42(55)45(43(56)40(53)38(51)36(49)34(30-46)58-43)44(57)41(54)39(52)37(50)35(31-47)59-44/h32,34-41,46-47,49-54,56-57H,3-31H2,1-2H3/t32?,34-,35-,36-,37-,38+,39+,40-,41-,43?,44?/m1/s1. The highest BCUT2D eigenvalue weighted by molar-refractivity contribution is 6.01. The lowest BCUT2D eigenvalue weighted by molar-refractivity contribution is -0.480. The van der Waals surface area contributed by atoms with Gasteiger partial charge in [-0.1, -0.05) is 168 Å². The second-order valence-corrected chi connectivity index (χ2v) is 17.2. The molecule has 0 spiro atoms. The van der Waals surface area contributed by atoms with Gasteiger partial charge in [0.1, 0.15) is 42.4 Å². The first kappa shape index (κ1) is 53.8. The van der Waals surface area contributed by atoms with Gasteiger partial charge < -0.3 is 60.5 Å². The average molecular weight is 850 g/mol. The molecule has 0 bridgehead atoms. The molecule has 0 aliphatic carbocycles. The SMILES string of the molecule is CCCCCCCCCCCCCCCC(=O)C(CCCCCCCCCCCCCC)C(=O)N(C1(O)O[C@H](CO)[C@@H](O)[C@H](O)[C@H]1O)C1(O)O[C@H](CO)[C@@H](O)[C@H](O)[C@H]1O. The van der Waals surface area contributed by atoms with E-state index < -0.39 is 91.5 Å². The predicted octanol–water partition coefficient (Wildman–Crippen LogP) is 3.81. The summed E-state index contributed by atoms with van der Waals surface area (Å²) in [4.78, 5) is 28.8. The van der Waals surface area contributed by atoms with Crippen molar-refractivity contribution in [1.82, 2.24) is 4.90 Å². The third-order valence-electron chi connectivity index (χ3n) is 12.3. The van der Waals surface area contributed by atoms with Gasteiger partial charge in [0.25, 0.3) is 11.8 Å². The Morgan fingerprint density at radius 2 is 0.797 bits per heavy atom. The summed E-state index contributed by atoms with van der Waals surface area (Å²) >= 11 is 0. The molecule has 2 rings (SSSR count). The van der Waals surface area contributed by atoms with Gasteiger partial charge in [-0.15, -0.1) is 0 Å². The van der Waals surface area contributed by atoms with Crippen molar-refractivity contribution < 1.29 is 70.1 Å². The van der Waals surface area contributed by atoms with Crippen molar-refractivity contribution in [3.63, 3.8) is 0 Å². The lowest BCUT2D eigenvalue weighted by Gasteiger charge is -2.57. The van der Waals surface area contributed by atoms with Crippen molar-refractivity contribution in [2.45, 2.75) is 248 Å². The maximum absolute atomic E-state index is 14.8. The molecule has 0 aromatic rings. The monoisotopic (exact) mass is 850 g/mol. The summed E-state index contributed by atoms with van der Waals surface area (Å²) in [6, 6.07) is 0. The number of amides is 1. The largest absolute Gasteiger partial charge is 0.394 e. The fourth-order valence-corrected chi connectivity index (χ4v) is 8.45. The Morgan fingerprint density at radius 1 is 0.492 bits per heavy atom. The number of Topliss-reactive ketones (excluding diaryl/α,β-unsaturated/α-hetero) is 1. The second-order valence-electron chi connectivity index (χ2n) is 17.2. The van der Waals surface area contributed by atoms with Crippen LogP contribution in [0.4, 0.5) is 0 Å². The minimum Gasteiger partial charge on any atom is -0.394 e. The van der Waals surface area contributed by atoms with Crippen molar-refractivity contribution in [1.29, 1.82) is 0 Å². The third kappa shape index (κ3) is 16.4. The predicted molar refractivity (Wildman–Crippen MR) is 221 cm³/mol. The number of nitrogens with zero attached hydrogens (tertiary/aromatic N) is 1. The smallest absolute Gasteiger partial charge is 0.286 e. The summed E-state index contributed by atoms with van der Waals surface area (Å²) < 4.78 is 10.8. The number of carbonyl (C=O) groups is 2. The van der Waals surface area contributed by atoms with Crippen molar-refractivity contribution in [2.75, 3.05) is 13.2 Å². The van der Waals surface area contributed by atoms with Gasteiger partial charge in [0.05, 0.1) is 19.1 Å². The summed E-state index contributed by atoms with van der Waals surface area (Å²) in [6.07, 6.45) is 8.64. The van der Waals surface area contributed by atoms with E-state index in [9.17, 15) is 60.7 Å². The Balaban J connectivity index is 2.25. The Bertz CT molecular complexity index is 1090. The number of unbranched alkanes of at least 4 members (excludes halogenated alkanes) is 23. The number of aliphatic hydroxyl groups is 10. The van der Waals surface area contributed by atoms with Crippen LogP contribution in [0, 0.1) is 5.92 Å². The molecular formula is C44H83NO14. The first-order valence-electron chi connectivity index (χ1n) is 23.2. The van der Waals surface area contributed by atoms with Gasteiger partial charge in [0, 0.05) is 6.42 Å². The van der Waals surface area contributed by atoms with Gasteiger partial charge in [-0.3, -0.25) is 9.59 Å². The van der Waals surface area contributed by atoms with Crippen LogP contribution in [0.15, 0.2) is 0 Å². The highest BCUT2D eigenvalue weighted by Crippen LogP contribution is 2.42. The summed E-state index contributed by atoms with van der Waals surface area (Å²) in [5.41, 5.74) is 0. The molecule has 15 heteroatoms. The Morgan fingerprint density at radius 3 is 1.12 bits per heavy atom. The van der Waals surface area contributed by atoms with Crippen LogP contribution >= 0.6 is 0 Å². The number of ether oxygens (including phenoxy) is 2. The van der Waals surface area contributed by atoms with Crippen LogP contribution in [0.3, 0.4) is 0 Å². The van der Waals surface area contributed by atoms with E-state index in [0.717, 1.165) is 51.4 Å². The van der Waals surface area contributed by atoms with Gasteiger partial charge >= 0.3 is 0 Å². The molecule has 1 amide bonds. The van der Waals surface area contributed by atoms with Crippen LogP contribution in [0.2, 0.25) is 0 Å². The van der Waals surface area contributed by atoms with Crippen LogP contribution in [-0.2, 0) is 19.1 Å². The van der Waals surface area contributed by atoms with Crippen LogP contribution in [0.25, 0.3) is 0 Å². The maximum Gasteiger partial charge on any atom is 0.286 e. The number of ketones is 1. The van der Waals surface area contributed by atoms with Crippen molar-refractivity contribution in [3.8, 4) is 0 Å². The molecule has 2 saturated heterocycles. The van der Waals surface area contributed by atoms with Gasteiger partial charge in [-0.2, -0.15) is 0 Å². The molecule has 10 N–H and O–H groups in total. The zero-order valence-electron chi connectivity index (χ0n) is 36.3. The summed E-state index contributed by atoms with van der Waals surface area (Å²) in [6.45, 7) is 2.28. The Labute approximate surface area is 353 Å². The van der Waals surface area contributed by atoms with Gasteiger partial charge in [-0.25, -0.2) is 4.90 Å². The molecule has 2 aliphatic heterocycles. The average Bonchev–Trinajstić information content (AvgIpc) is 3.22. The quantitative estimate of drug-likeness (QED) is 0.0256. The summed E-state index contributed by atoms with van der Waals surface area (Å²) in [5.74, 6) is -10.8. The van der Waals surface area contributed by atoms with E-state index in [4.69, 9.17) is 9.47 Å². The van der Waals surface area contributed by atoms with E-state index in [0.29, 0.717) is 25.7 Å². The highest BCUT2D eigenvalue weighted by atomic mass is 16.7. The Hall–Kier alpha value is -1.34. The molecule has 2 heterocycles. The zero-order valence-corrected chi connectivity index (χ0v) is 36.3. The van der Waals surface area contributed by atoms with E-state index >= 15 is 0 Å². The summed E-state index contributed by atoms with van der Waals surface area (Å²) in [5, 5.41) is 109. The van der Waals surface area contributed by atoms with Gasteiger partial charge in [-0.05, 0) is 12.8 Å². The topological polar surface area (TPSA) is 258 Å². The fraction of sp³-hybridized carbons (Fsp3) is 0.955. The molecule has 11 atom stereocenters. The van der Waals surface area contributed by atoms with Gasteiger partial charge in [0.2, 0.25) is 5.91 Å². The normalized spacial score (nSPS) is 30.4. The maximum atomic E-state index is 14.8. The van der Waals surface area contributed by atoms with E-state index in [1.165, 1.54) is 83.5 Å². The number of aliphatic hydroxyl groups excluding tert-OH is 8. The van der Waals surface area contributed by atoms with Crippen LogP contribution in [-0.4, -0.2) is 142 Å². The molecule has 15 nitrogen and oxygen atoms in total. The summed E-state index contributed by atoms with van der Waals surface area (Å²) in [7, 11) is 0. The lowest BCUT2D eigenvalue weighted by Crippen LogP contribution is -2.82. The van der Waals surface area contributed by atoms with Crippen LogP contribution < -0.4 is 0 Å². The first-order valence-corrected chi connectivity index (χ1v) is 23.2. The van der Waals surface area contributed by atoms with Crippen LogP contribution in [0.1, 0.15) is 187 Å². The molecule has 59 heavy (non-hydrogen) atoms. The van der Waals surface area contributed by atoms with E-state index in [1.807, 2.05) is 0 Å². The molecule has 2 fully saturated rings. The molecule has 348 valence electrons. The third-order valence-corrected chi connectivity index (χ3v) is 12.3. The first-order chi connectivity index (χ1) is 28.3. The number of hydrogen-bond acceptors (Lipinski definition) is 14. The molecular weight excluding hydrogens is 766 g/mol. The van der Waals surface area contributed by atoms with Crippen molar-refractivity contribution >= 4 is 11.7 Å². The number of hydrogen-bond donors (Lipinski definition) is 10. The lowest BCUT2D eigenvalue weighted by atomic mass is 9.88. The molecule has 2 aliphatic rings. The fourth-order valence-electron chi connectivity index (χ4n) is 8.45. The number of carbonyl (C=O) groups excluding carboxylic acids is 2. The number of rotatable bonds is 33. The molecule has 0 aromatic heterocycles. The van der Waals surface area contributed by atoms with Crippen molar-refractivity contribution in [3.05, 3.63) is 0 Å². The minimum absolute atomic E-state index is 0.0504. The second kappa shape index (κ2) is 29.1. The Kier molecular flexibility index (Phi) is 26.5. The minimum atomic E-state index is -3.59.